The maximum absolute atomic E-state index is 13.4. The van der Waals surface area contributed by atoms with Crippen LogP contribution in [0, 0.1) is 5.92 Å². The SMILES string of the molecule is CC[N+]1(C(=O)C(=O)C2CCCC2)CCCC1(C(=O)[S-])c1ccccc1. The Kier molecular flexibility index (Phi) is 5.07. The Balaban J connectivity index is 2.09. The number of benzene rings is 1. The zero-order chi connectivity index (χ0) is 18.1. The number of rotatable bonds is 5. The maximum atomic E-state index is 13.4. The normalized spacial score (nSPS) is 29.6. The molecule has 1 amide bonds. The molecular formula is C20H25NO3S. The van der Waals surface area contributed by atoms with Crippen LogP contribution in [0.1, 0.15) is 51.0 Å². The highest BCUT2D eigenvalue weighted by molar-refractivity contribution is 7.77. The van der Waals surface area contributed by atoms with Gasteiger partial charge in [-0.2, -0.15) is 0 Å². The first kappa shape index (κ1) is 18.2. The third-order valence-electron chi connectivity index (χ3n) is 6.26. The average Bonchev–Trinajstić information content (AvgIpc) is 3.29. The molecule has 134 valence electrons. The fourth-order valence-corrected chi connectivity index (χ4v) is 5.32. The lowest BCUT2D eigenvalue weighted by molar-refractivity contribution is -0.884. The molecule has 1 aliphatic heterocycles. The number of nitrogens with zero attached hydrogens (tertiary/aromatic N) is 1. The van der Waals surface area contributed by atoms with E-state index < -0.39 is 16.6 Å². The van der Waals surface area contributed by atoms with Crippen molar-refractivity contribution in [2.75, 3.05) is 13.1 Å². The van der Waals surface area contributed by atoms with E-state index in [4.69, 9.17) is 12.6 Å². The van der Waals surface area contributed by atoms with Gasteiger partial charge in [-0.15, -0.1) is 0 Å². The monoisotopic (exact) mass is 359 g/mol. The first-order chi connectivity index (χ1) is 12.0. The molecule has 0 bridgehead atoms. The lowest BCUT2D eigenvalue weighted by Crippen LogP contribution is -2.67. The van der Waals surface area contributed by atoms with Crippen LogP contribution in [0.5, 0.6) is 0 Å². The minimum atomic E-state index is -1.10. The molecule has 25 heavy (non-hydrogen) atoms. The van der Waals surface area contributed by atoms with E-state index in [0.29, 0.717) is 19.5 Å². The molecule has 2 aliphatic rings. The number of carbonyl (C=O) groups excluding carboxylic acids is 3. The largest absolute Gasteiger partial charge is 0.735 e. The lowest BCUT2D eigenvalue weighted by Gasteiger charge is -2.47. The van der Waals surface area contributed by atoms with E-state index in [1.54, 1.807) is 0 Å². The number of quaternary nitrogens is 1. The summed E-state index contributed by atoms with van der Waals surface area (Å²) in [5.74, 6) is -0.880. The Morgan fingerprint density at radius 1 is 1.12 bits per heavy atom. The van der Waals surface area contributed by atoms with E-state index in [-0.39, 0.29) is 16.2 Å². The summed E-state index contributed by atoms with van der Waals surface area (Å²) < 4.78 is -0.130. The summed E-state index contributed by atoms with van der Waals surface area (Å²) in [6, 6.07) is 9.34. The number of likely N-dealkylation sites (N-methyl/N-ethyl adjacent to an activating group) is 1. The van der Waals surface area contributed by atoms with Gasteiger partial charge in [0.05, 0.1) is 18.2 Å². The molecule has 0 spiro atoms. The number of hydrogen-bond donors (Lipinski definition) is 0. The molecule has 1 saturated heterocycles. The van der Waals surface area contributed by atoms with Gasteiger partial charge in [0.15, 0.2) is 5.54 Å². The van der Waals surface area contributed by atoms with Gasteiger partial charge in [0, 0.05) is 24.3 Å². The van der Waals surface area contributed by atoms with E-state index in [2.05, 4.69) is 0 Å². The van der Waals surface area contributed by atoms with Crippen LogP contribution >= 0.6 is 0 Å². The molecule has 2 fully saturated rings. The predicted octanol–water partition coefficient (Wildman–Crippen LogP) is 2.87. The minimum Gasteiger partial charge on any atom is -0.735 e. The van der Waals surface area contributed by atoms with Gasteiger partial charge in [-0.25, -0.2) is 9.28 Å². The molecule has 1 saturated carbocycles. The van der Waals surface area contributed by atoms with Gasteiger partial charge >= 0.3 is 5.91 Å². The highest BCUT2D eigenvalue weighted by atomic mass is 32.1. The zero-order valence-electron chi connectivity index (χ0n) is 14.7. The van der Waals surface area contributed by atoms with Crippen molar-refractivity contribution in [1.29, 1.82) is 0 Å². The summed E-state index contributed by atoms with van der Waals surface area (Å²) in [5, 5.41) is -0.425. The molecule has 0 aromatic heterocycles. The second-order valence-corrected chi connectivity index (χ2v) is 7.65. The van der Waals surface area contributed by atoms with Gasteiger partial charge in [0.2, 0.25) is 0 Å². The van der Waals surface area contributed by atoms with E-state index in [0.717, 1.165) is 37.7 Å². The second-order valence-electron chi connectivity index (χ2n) is 7.28. The second kappa shape index (κ2) is 6.96. The smallest absolute Gasteiger partial charge is 0.383 e. The number of amides is 1. The Morgan fingerprint density at radius 3 is 2.32 bits per heavy atom. The first-order valence-electron chi connectivity index (χ1n) is 9.22. The highest BCUT2D eigenvalue weighted by Crippen LogP contribution is 2.47. The van der Waals surface area contributed by atoms with Crippen LogP contribution in [0.25, 0.3) is 0 Å². The molecule has 0 radical (unpaired) electrons. The Bertz CT molecular complexity index is 683. The van der Waals surface area contributed by atoms with Crippen LogP contribution in [-0.2, 0) is 32.6 Å². The average molecular weight is 359 g/mol. The van der Waals surface area contributed by atoms with Crippen molar-refractivity contribution < 1.29 is 18.9 Å². The summed E-state index contributed by atoms with van der Waals surface area (Å²) in [6.07, 6.45) is 4.81. The van der Waals surface area contributed by atoms with Crippen LogP contribution in [-0.4, -0.2) is 34.4 Å². The van der Waals surface area contributed by atoms with Gasteiger partial charge in [0.25, 0.3) is 5.78 Å². The third kappa shape index (κ3) is 2.64. The van der Waals surface area contributed by atoms with Crippen molar-refractivity contribution in [1.82, 2.24) is 0 Å². The molecule has 5 heteroatoms. The third-order valence-corrected chi connectivity index (χ3v) is 6.60. The Morgan fingerprint density at radius 2 is 1.76 bits per heavy atom. The van der Waals surface area contributed by atoms with Crippen LogP contribution in [0.4, 0.5) is 0 Å². The number of likely N-dealkylation sites (tertiary alicyclic amines) is 1. The van der Waals surface area contributed by atoms with Crippen molar-refractivity contribution >= 4 is 29.4 Å². The molecule has 1 aromatic rings. The van der Waals surface area contributed by atoms with Gasteiger partial charge in [-0.05, 0) is 19.8 Å². The van der Waals surface area contributed by atoms with Crippen molar-refractivity contribution in [3.05, 3.63) is 35.9 Å². The summed E-state index contributed by atoms with van der Waals surface area (Å²) in [5.41, 5.74) is -0.335. The molecule has 4 nitrogen and oxygen atoms in total. The number of Topliss-reactive ketones (excluding diaryl/α,β-unsaturated/α-hetero) is 1. The number of carbonyl (C=O) groups is 3. The van der Waals surface area contributed by atoms with E-state index in [1.807, 2.05) is 37.3 Å². The van der Waals surface area contributed by atoms with Crippen LogP contribution in [0.3, 0.4) is 0 Å². The summed E-state index contributed by atoms with van der Waals surface area (Å²) in [6.45, 7) is 2.81. The van der Waals surface area contributed by atoms with Crippen LogP contribution in [0.15, 0.2) is 30.3 Å². The van der Waals surface area contributed by atoms with Gasteiger partial charge in [-0.3, -0.25) is 4.79 Å². The summed E-state index contributed by atoms with van der Waals surface area (Å²) >= 11 is 5.17. The quantitative estimate of drug-likeness (QED) is 0.461. The Hall–Kier alpha value is -1.59. The van der Waals surface area contributed by atoms with Crippen LogP contribution < -0.4 is 0 Å². The van der Waals surface area contributed by atoms with E-state index in [1.165, 1.54) is 0 Å². The van der Waals surface area contributed by atoms with Gasteiger partial charge in [-0.1, -0.05) is 43.2 Å². The molecule has 2 atom stereocenters. The minimum absolute atomic E-state index is 0.130. The lowest BCUT2D eigenvalue weighted by atomic mass is 9.85. The Labute approximate surface area is 154 Å². The molecule has 1 aliphatic carbocycles. The van der Waals surface area contributed by atoms with Crippen molar-refractivity contribution in [2.24, 2.45) is 5.92 Å². The highest BCUT2D eigenvalue weighted by Gasteiger charge is 2.62. The number of ketones is 1. The fraction of sp³-hybridized carbons (Fsp3) is 0.550. The zero-order valence-corrected chi connectivity index (χ0v) is 15.5. The molecule has 1 heterocycles. The standard InChI is InChI=1S/C20H25NO3S/c1-2-21(18(23)17(22)15-9-6-7-10-15)14-8-13-20(21,19(24)25)16-11-4-3-5-12-16/h3-5,11-12,15H,2,6-10,13-14H2,1H3. The molecular weight excluding hydrogens is 334 g/mol. The van der Waals surface area contributed by atoms with Crippen molar-refractivity contribution in [3.63, 3.8) is 0 Å². The maximum Gasteiger partial charge on any atom is 0.383 e. The summed E-state index contributed by atoms with van der Waals surface area (Å²) in [4.78, 5) is 39.1. The predicted molar refractivity (Wildman–Crippen MR) is 97.4 cm³/mol. The van der Waals surface area contributed by atoms with Gasteiger partial charge < -0.3 is 17.4 Å². The van der Waals surface area contributed by atoms with E-state index in [9.17, 15) is 14.4 Å². The molecule has 3 rings (SSSR count). The van der Waals surface area contributed by atoms with E-state index >= 15 is 0 Å². The number of hydrogen-bond acceptors (Lipinski definition) is 4. The fourth-order valence-electron chi connectivity index (χ4n) is 4.93. The molecule has 1 aromatic carbocycles. The first-order valence-corrected chi connectivity index (χ1v) is 9.63. The van der Waals surface area contributed by atoms with Crippen molar-refractivity contribution in [2.45, 2.75) is 51.0 Å². The van der Waals surface area contributed by atoms with Crippen molar-refractivity contribution in [3.8, 4) is 0 Å². The topological polar surface area (TPSA) is 51.2 Å². The van der Waals surface area contributed by atoms with Gasteiger partial charge in [0.1, 0.15) is 0 Å². The molecule has 2 unspecified atom stereocenters. The summed E-state index contributed by atoms with van der Waals surface area (Å²) in [7, 11) is 0. The van der Waals surface area contributed by atoms with Crippen LogP contribution in [0.2, 0.25) is 0 Å². The molecule has 0 N–H and O–H groups in total.